The molecule has 3 rings (SSSR count). The number of carbonyl (C=O) groups is 3. The van der Waals surface area contributed by atoms with Crippen molar-refractivity contribution in [3.63, 3.8) is 0 Å². The summed E-state index contributed by atoms with van der Waals surface area (Å²) >= 11 is 0. The molecule has 1 aromatic heterocycles. The van der Waals surface area contributed by atoms with E-state index in [1.165, 1.54) is 4.90 Å². The molecule has 0 aliphatic carbocycles. The molecule has 1 fully saturated rings. The lowest BCUT2D eigenvalue weighted by molar-refractivity contribution is -0.140. The Bertz CT molecular complexity index is 869. The van der Waals surface area contributed by atoms with Crippen LogP contribution in [0.2, 0.25) is 0 Å². The molecule has 3 amide bonds. The number of nitrogens with zero attached hydrogens (tertiary/aromatic N) is 2. The number of rotatable bonds is 7. The summed E-state index contributed by atoms with van der Waals surface area (Å²) in [5.74, 6) is 0.150. The molecule has 2 aromatic rings. The Morgan fingerprint density at radius 1 is 1.13 bits per heavy atom. The molecule has 0 radical (unpaired) electrons. The quantitative estimate of drug-likeness (QED) is 0.712. The third-order valence-corrected chi connectivity index (χ3v) is 5.17. The van der Waals surface area contributed by atoms with Crippen LogP contribution in [0, 0.1) is 5.92 Å². The Labute approximate surface area is 176 Å². The van der Waals surface area contributed by atoms with Gasteiger partial charge in [-0.2, -0.15) is 0 Å². The molecule has 0 spiro atoms. The predicted octanol–water partition coefficient (Wildman–Crippen LogP) is 2.31. The van der Waals surface area contributed by atoms with E-state index in [1.54, 1.807) is 42.5 Å². The van der Waals surface area contributed by atoms with Crippen molar-refractivity contribution in [1.29, 1.82) is 0 Å². The van der Waals surface area contributed by atoms with Crippen LogP contribution in [-0.4, -0.2) is 54.2 Å². The minimum absolute atomic E-state index is 0.00149. The predicted molar refractivity (Wildman–Crippen MR) is 113 cm³/mol. The van der Waals surface area contributed by atoms with E-state index in [4.69, 9.17) is 4.42 Å². The first-order chi connectivity index (χ1) is 14.5. The summed E-state index contributed by atoms with van der Waals surface area (Å²) in [6.07, 6.45) is 6.12. The van der Waals surface area contributed by atoms with Crippen molar-refractivity contribution < 1.29 is 18.8 Å². The van der Waals surface area contributed by atoms with E-state index in [2.05, 4.69) is 5.32 Å². The van der Waals surface area contributed by atoms with Crippen LogP contribution in [0.1, 0.15) is 24.2 Å². The smallest absolute Gasteiger partial charge is 0.246 e. The summed E-state index contributed by atoms with van der Waals surface area (Å²) < 4.78 is 5.17. The molecular weight excluding hydrogens is 382 g/mol. The maximum atomic E-state index is 12.7. The number of likely N-dealkylation sites (N-methyl/N-ethyl adjacent to an activating group) is 1. The van der Waals surface area contributed by atoms with E-state index < -0.39 is 0 Å². The Balaban J connectivity index is 1.41. The molecule has 0 bridgehead atoms. The number of hydrogen-bond acceptors (Lipinski definition) is 4. The SMILES string of the molecule is CN(CC(=O)NCc1ccco1)C(=O)C1CCN(C(=O)/C=C/c2ccccc2)CC1. The van der Waals surface area contributed by atoms with Crippen molar-refractivity contribution in [2.75, 3.05) is 26.7 Å². The van der Waals surface area contributed by atoms with E-state index in [0.29, 0.717) is 38.2 Å². The Morgan fingerprint density at radius 3 is 2.53 bits per heavy atom. The van der Waals surface area contributed by atoms with Gasteiger partial charge in [0.25, 0.3) is 0 Å². The van der Waals surface area contributed by atoms with Crippen LogP contribution in [0.4, 0.5) is 0 Å². The fourth-order valence-corrected chi connectivity index (χ4v) is 3.44. The number of hydrogen-bond donors (Lipinski definition) is 1. The average Bonchev–Trinajstić information content (AvgIpc) is 3.30. The van der Waals surface area contributed by atoms with Gasteiger partial charge >= 0.3 is 0 Å². The summed E-state index contributed by atoms with van der Waals surface area (Å²) in [5.41, 5.74) is 0.975. The molecule has 1 aliphatic heterocycles. The molecule has 7 heteroatoms. The van der Waals surface area contributed by atoms with Gasteiger partial charge in [0.1, 0.15) is 5.76 Å². The molecule has 30 heavy (non-hydrogen) atoms. The number of carbonyl (C=O) groups excluding carboxylic acids is 3. The summed E-state index contributed by atoms with van der Waals surface area (Å²) in [6, 6.07) is 13.2. The van der Waals surface area contributed by atoms with Gasteiger partial charge in [-0.25, -0.2) is 0 Å². The van der Waals surface area contributed by atoms with E-state index in [-0.39, 0.29) is 30.2 Å². The maximum absolute atomic E-state index is 12.7. The second-order valence-corrected chi connectivity index (χ2v) is 7.39. The molecule has 158 valence electrons. The van der Waals surface area contributed by atoms with Gasteiger partial charge < -0.3 is 19.5 Å². The first-order valence-electron chi connectivity index (χ1n) is 10.1. The summed E-state index contributed by atoms with van der Waals surface area (Å²) in [6.45, 7) is 1.36. The number of amides is 3. The van der Waals surface area contributed by atoms with Crippen molar-refractivity contribution in [3.8, 4) is 0 Å². The lowest BCUT2D eigenvalue weighted by Gasteiger charge is -2.32. The molecule has 0 unspecified atom stereocenters. The van der Waals surface area contributed by atoms with Crippen LogP contribution >= 0.6 is 0 Å². The van der Waals surface area contributed by atoms with E-state index >= 15 is 0 Å². The molecule has 1 aliphatic rings. The second kappa shape index (κ2) is 10.4. The van der Waals surface area contributed by atoms with Crippen LogP contribution in [-0.2, 0) is 20.9 Å². The largest absolute Gasteiger partial charge is 0.467 e. The standard InChI is InChI=1S/C23H27N3O4/c1-25(17-21(27)24-16-20-8-5-15-30-20)23(29)19-11-13-26(14-12-19)22(28)10-9-18-6-3-2-4-7-18/h2-10,15,19H,11-14,16-17H2,1H3,(H,24,27)/b10-9+. The van der Waals surface area contributed by atoms with Crippen LogP contribution in [0.5, 0.6) is 0 Å². The third-order valence-electron chi connectivity index (χ3n) is 5.17. The highest BCUT2D eigenvalue weighted by molar-refractivity contribution is 5.92. The van der Waals surface area contributed by atoms with E-state index in [0.717, 1.165) is 5.56 Å². The van der Waals surface area contributed by atoms with E-state index in [9.17, 15) is 14.4 Å². The highest BCUT2D eigenvalue weighted by Crippen LogP contribution is 2.19. The van der Waals surface area contributed by atoms with Crippen molar-refractivity contribution in [3.05, 3.63) is 66.1 Å². The van der Waals surface area contributed by atoms with Crippen molar-refractivity contribution >= 4 is 23.8 Å². The zero-order valence-corrected chi connectivity index (χ0v) is 17.1. The Hall–Kier alpha value is -3.35. The zero-order chi connectivity index (χ0) is 21.3. The maximum Gasteiger partial charge on any atom is 0.246 e. The van der Waals surface area contributed by atoms with E-state index in [1.807, 2.05) is 30.3 Å². The number of likely N-dealkylation sites (tertiary alicyclic amines) is 1. The van der Waals surface area contributed by atoms with Gasteiger partial charge in [-0.15, -0.1) is 0 Å². The number of piperidine rings is 1. The lowest BCUT2D eigenvalue weighted by Crippen LogP contribution is -2.45. The minimum Gasteiger partial charge on any atom is -0.467 e. The molecule has 2 heterocycles. The third kappa shape index (κ3) is 6.07. The molecule has 1 N–H and O–H groups in total. The summed E-state index contributed by atoms with van der Waals surface area (Å²) in [4.78, 5) is 40.3. The van der Waals surface area contributed by atoms with Gasteiger partial charge in [0.2, 0.25) is 17.7 Å². The Kier molecular flexibility index (Phi) is 7.43. The van der Waals surface area contributed by atoms with Crippen LogP contribution in [0.3, 0.4) is 0 Å². The number of furan rings is 1. The van der Waals surface area contributed by atoms with Gasteiger partial charge in [0.05, 0.1) is 19.4 Å². The topological polar surface area (TPSA) is 82.9 Å². The molecule has 0 atom stereocenters. The first kappa shape index (κ1) is 21.4. The summed E-state index contributed by atoms with van der Waals surface area (Å²) in [7, 11) is 1.63. The van der Waals surface area contributed by atoms with Crippen LogP contribution in [0.15, 0.2) is 59.2 Å². The number of nitrogens with one attached hydrogen (secondary N) is 1. The fraction of sp³-hybridized carbons (Fsp3) is 0.348. The van der Waals surface area contributed by atoms with Crippen molar-refractivity contribution in [2.24, 2.45) is 5.92 Å². The second-order valence-electron chi connectivity index (χ2n) is 7.39. The molecule has 7 nitrogen and oxygen atoms in total. The van der Waals surface area contributed by atoms with Gasteiger partial charge in [-0.3, -0.25) is 14.4 Å². The van der Waals surface area contributed by atoms with Crippen molar-refractivity contribution in [1.82, 2.24) is 15.1 Å². The molecule has 1 aromatic carbocycles. The first-order valence-corrected chi connectivity index (χ1v) is 10.1. The molecule has 1 saturated heterocycles. The van der Waals surface area contributed by atoms with Gasteiger partial charge in [0.15, 0.2) is 0 Å². The minimum atomic E-state index is -0.235. The molecule has 0 saturated carbocycles. The van der Waals surface area contributed by atoms with Crippen molar-refractivity contribution in [2.45, 2.75) is 19.4 Å². The normalized spacial score (nSPS) is 14.6. The monoisotopic (exact) mass is 409 g/mol. The number of benzene rings is 1. The summed E-state index contributed by atoms with van der Waals surface area (Å²) in [5, 5.41) is 2.74. The van der Waals surface area contributed by atoms with Gasteiger partial charge in [0, 0.05) is 32.1 Å². The highest BCUT2D eigenvalue weighted by atomic mass is 16.3. The van der Waals surface area contributed by atoms with Gasteiger partial charge in [-0.1, -0.05) is 30.3 Å². The Morgan fingerprint density at radius 2 is 1.87 bits per heavy atom. The average molecular weight is 409 g/mol. The van der Waals surface area contributed by atoms with Gasteiger partial charge in [-0.05, 0) is 36.6 Å². The zero-order valence-electron chi connectivity index (χ0n) is 17.1. The van der Waals surface area contributed by atoms with Crippen LogP contribution < -0.4 is 5.32 Å². The van der Waals surface area contributed by atoms with Crippen LogP contribution in [0.25, 0.3) is 6.08 Å². The highest BCUT2D eigenvalue weighted by Gasteiger charge is 2.29. The fourth-order valence-electron chi connectivity index (χ4n) is 3.44. The molecular formula is C23H27N3O4. The lowest BCUT2D eigenvalue weighted by atomic mass is 9.95.